The first-order valence-corrected chi connectivity index (χ1v) is 8.92. The van der Waals surface area contributed by atoms with Gasteiger partial charge in [0, 0.05) is 45.3 Å². The molecule has 0 saturated carbocycles. The maximum atomic E-state index is 12.6. The number of hydrogen-bond donors (Lipinski definition) is 0. The molecule has 3 heterocycles. The fourth-order valence-electron chi connectivity index (χ4n) is 3.38. The maximum absolute atomic E-state index is 12.6. The summed E-state index contributed by atoms with van der Waals surface area (Å²) in [7, 11) is 1.72. The standard InChI is InChI=1S/C18H25N5O2/c1-4-13(5-2)17(24)23-11-9-22(10-12-23)16-18(25)21(3)15-14(20-16)7-6-8-19-15/h6-8,13H,4-5,9-12H2,1-3H3. The van der Waals surface area contributed by atoms with Crippen molar-refractivity contribution in [3.8, 4) is 0 Å². The highest BCUT2D eigenvalue weighted by atomic mass is 16.2. The molecular weight excluding hydrogens is 318 g/mol. The molecular formula is C18H25N5O2. The van der Waals surface area contributed by atoms with E-state index in [2.05, 4.69) is 23.8 Å². The zero-order valence-electron chi connectivity index (χ0n) is 15.1. The first-order chi connectivity index (χ1) is 12.1. The second-order valence-corrected chi connectivity index (χ2v) is 6.47. The average Bonchev–Trinajstić information content (AvgIpc) is 2.66. The normalized spacial score (nSPS) is 15.2. The van der Waals surface area contributed by atoms with Gasteiger partial charge in [0.1, 0.15) is 5.52 Å². The van der Waals surface area contributed by atoms with Gasteiger partial charge in [0.25, 0.3) is 5.56 Å². The van der Waals surface area contributed by atoms with E-state index in [1.54, 1.807) is 17.8 Å². The smallest absolute Gasteiger partial charge is 0.294 e. The number of nitrogens with zero attached hydrogens (tertiary/aromatic N) is 5. The Labute approximate surface area is 147 Å². The molecule has 7 heteroatoms. The third-order valence-electron chi connectivity index (χ3n) is 5.03. The molecule has 0 N–H and O–H groups in total. The van der Waals surface area contributed by atoms with E-state index >= 15 is 0 Å². The molecule has 1 aliphatic heterocycles. The van der Waals surface area contributed by atoms with Gasteiger partial charge in [-0.25, -0.2) is 9.97 Å². The number of hydrogen-bond acceptors (Lipinski definition) is 5. The Morgan fingerprint density at radius 2 is 1.88 bits per heavy atom. The van der Waals surface area contributed by atoms with E-state index in [4.69, 9.17) is 0 Å². The number of aromatic nitrogens is 3. The van der Waals surface area contributed by atoms with Crippen LogP contribution in [0.15, 0.2) is 23.1 Å². The molecule has 0 aromatic carbocycles. The van der Waals surface area contributed by atoms with Crippen molar-refractivity contribution in [1.82, 2.24) is 19.4 Å². The van der Waals surface area contributed by atoms with Crippen molar-refractivity contribution >= 4 is 22.9 Å². The van der Waals surface area contributed by atoms with E-state index < -0.39 is 0 Å². The van der Waals surface area contributed by atoms with E-state index in [0.717, 1.165) is 12.8 Å². The van der Waals surface area contributed by atoms with Crippen molar-refractivity contribution in [2.45, 2.75) is 26.7 Å². The van der Waals surface area contributed by atoms with Gasteiger partial charge in [0.15, 0.2) is 11.5 Å². The first-order valence-electron chi connectivity index (χ1n) is 8.92. The number of carbonyl (C=O) groups is 1. The van der Waals surface area contributed by atoms with Gasteiger partial charge in [-0.1, -0.05) is 13.8 Å². The van der Waals surface area contributed by atoms with Crippen molar-refractivity contribution in [2.75, 3.05) is 31.1 Å². The minimum atomic E-state index is -0.147. The number of fused-ring (bicyclic) bond motifs is 1. The Balaban J connectivity index is 1.80. The SMILES string of the molecule is CCC(CC)C(=O)N1CCN(c2nc3cccnc3n(C)c2=O)CC1. The molecule has 2 aromatic rings. The first kappa shape index (κ1) is 17.4. The summed E-state index contributed by atoms with van der Waals surface area (Å²) < 4.78 is 1.54. The quantitative estimate of drug-likeness (QED) is 0.839. The molecule has 134 valence electrons. The summed E-state index contributed by atoms with van der Waals surface area (Å²) in [6.07, 6.45) is 3.40. The van der Waals surface area contributed by atoms with Crippen LogP contribution in [0.3, 0.4) is 0 Å². The number of piperazine rings is 1. The Kier molecular flexibility index (Phi) is 5.01. The molecule has 7 nitrogen and oxygen atoms in total. The molecule has 0 unspecified atom stereocenters. The van der Waals surface area contributed by atoms with Crippen molar-refractivity contribution in [3.05, 3.63) is 28.7 Å². The zero-order chi connectivity index (χ0) is 18.0. The second-order valence-electron chi connectivity index (χ2n) is 6.47. The van der Waals surface area contributed by atoms with Crippen LogP contribution in [-0.4, -0.2) is 51.5 Å². The van der Waals surface area contributed by atoms with Crippen molar-refractivity contribution in [2.24, 2.45) is 13.0 Å². The lowest BCUT2D eigenvalue weighted by molar-refractivity contribution is -0.136. The highest BCUT2D eigenvalue weighted by molar-refractivity contribution is 5.79. The van der Waals surface area contributed by atoms with Gasteiger partial charge >= 0.3 is 0 Å². The fourth-order valence-corrected chi connectivity index (χ4v) is 3.38. The van der Waals surface area contributed by atoms with Crippen molar-refractivity contribution < 1.29 is 4.79 Å². The van der Waals surface area contributed by atoms with Crippen molar-refractivity contribution in [1.29, 1.82) is 0 Å². The number of amides is 1. The van der Waals surface area contributed by atoms with Gasteiger partial charge in [0.2, 0.25) is 5.91 Å². The second kappa shape index (κ2) is 7.21. The summed E-state index contributed by atoms with van der Waals surface area (Å²) in [5.74, 6) is 0.773. The lowest BCUT2D eigenvalue weighted by Crippen LogP contribution is -2.51. The van der Waals surface area contributed by atoms with Crippen LogP contribution in [0.4, 0.5) is 5.82 Å². The monoisotopic (exact) mass is 343 g/mol. The van der Waals surface area contributed by atoms with E-state index in [1.807, 2.05) is 21.9 Å². The molecule has 0 atom stereocenters. The Bertz CT molecular complexity index is 820. The largest absolute Gasteiger partial charge is 0.348 e. The molecule has 1 saturated heterocycles. The molecule has 0 spiro atoms. The van der Waals surface area contributed by atoms with Gasteiger partial charge in [-0.05, 0) is 25.0 Å². The van der Waals surface area contributed by atoms with Crippen LogP contribution in [0.2, 0.25) is 0 Å². The molecule has 0 aliphatic carbocycles. The highest BCUT2D eigenvalue weighted by Gasteiger charge is 2.27. The van der Waals surface area contributed by atoms with Gasteiger partial charge < -0.3 is 9.80 Å². The maximum Gasteiger partial charge on any atom is 0.294 e. The topological polar surface area (TPSA) is 71.3 Å². The van der Waals surface area contributed by atoms with Crippen LogP contribution in [0.1, 0.15) is 26.7 Å². The lowest BCUT2D eigenvalue weighted by Gasteiger charge is -2.36. The van der Waals surface area contributed by atoms with Crippen molar-refractivity contribution in [3.63, 3.8) is 0 Å². The molecule has 1 aliphatic rings. The molecule has 1 amide bonds. The lowest BCUT2D eigenvalue weighted by atomic mass is 10.0. The highest BCUT2D eigenvalue weighted by Crippen LogP contribution is 2.17. The predicted molar refractivity (Wildman–Crippen MR) is 97.6 cm³/mol. The summed E-state index contributed by atoms with van der Waals surface area (Å²) in [6, 6.07) is 3.67. The molecule has 1 fully saturated rings. The summed E-state index contributed by atoms with van der Waals surface area (Å²) in [4.78, 5) is 37.8. The summed E-state index contributed by atoms with van der Waals surface area (Å²) in [5.41, 5.74) is 1.14. The van der Waals surface area contributed by atoms with E-state index in [9.17, 15) is 9.59 Å². The van der Waals surface area contributed by atoms with Crippen LogP contribution in [0.5, 0.6) is 0 Å². The van der Waals surface area contributed by atoms with Crippen LogP contribution >= 0.6 is 0 Å². The van der Waals surface area contributed by atoms with Crippen LogP contribution in [0.25, 0.3) is 11.2 Å². The van der Waals surface area contributed by atoms with Gasteiger partial charge in [-0.15, -0.1) is 0 Å². The number of anilines is 1. The summed E-state index contributed by atoms with van der Waals surface area (Å²) >= 11 is 0. The summed E-state index contributed by atoms with van der Waals surface area (Å²) in [5, 5.41) is 0. The minimum absolute atomic E-state index is 0.101. The Hall–Kier alpha value is -2.44. The number of pyridine rings is 1. The van der Waals surface area contributed by atoms with E-state index in [0.29, 0.717) is 43.2 Å². The van der Waals surface area contributed by atoms with Crippen LogP contribution < -0.4 is 10.5 Å². The molecule has 2 aromatic heterocycles. The molecule has 25 heavy (non-hydrogen) atoms. The predicted octanol–water partition coefficient (Wildman–Crippen LogP) is 1.41. The third-order valence-corrected chi connectivity index (χ3v) is 5.03. The van der Waals surface area contributed by atoms with Gasteiger partial charge in [0.05, 0.1) is 0 Å². The molecule has 3 rings (SSSR count). The minimum Gasteiger partial charge on any atom is -0.348 e. The molecule has 0 bridgehead atoms. The van der Waals surface area contributed by atoms with Gasteiger partial charge in [-0.2, -0.15) is 0 Å². The number of aryl methyl sites for hydroxylation is 1. The molecule has 0 radical (unpaired) electrons. The van der Waals surface area contributed by atoms with Crippen LogP contribution in [-0.2, 0) is 11.8 Å². The average molecular weight is 343 g/mol. The van der Waals surface area contributed by atoms with Gasteiger partial charge in [-0.3, -0.25) is 14.2 Å². The Morgan fingerprint density at radius 3 is 2.52 bits per heavy atom. The zero-order valence-corrected chi connectivity index (χ0v) is 15.1. The fraction of sp³-hybridized carbons (Fsp3) is 0.556. The summed E-state index contributed by atoms with van der Waals surface area (Å²) in [6.45, 7) is 6.62. The van der Waals surface area contributed by atoms with E-state index in [-0.39, 0.29) is 17.4 Å². The number of rotatable bonds is 4. The number of carbonyl (C=O) groups excluding carboxylic acids is 1. The van der Waals surface area contributed by atoms with E-state index in [1.165, 1.54) is 0 Å². The third kappa shape index (κ3) is 3.23. The van der Waals surface area contributed by atoms with Crippen LogP contribution in [0, 0.1) is 5.92 Å². The Morgan fingerprint density at radius 1 is 1.20 bits per heavy atom.